The Hall–Kier alpha value is -1.09. The van der Waals surface area contributed by atoms with E-state index in [0.29, 0.717) is 29.0 Å². The van der Waals surface area contributed by atoms with Gasteiger partial charge in [-0.25, -0.2) is 13.1 Å². The second-order valence-corrected chi connectivity index (χ2v) is 7.19. The molecular weight excluding hydrogens is 344 g/mol. The summed E-state index contributed by atoms with van der Waals surface area (Å²) in [7, 11) is -3.67. The highest BCUT2D eigenvalue weighted by Crippen LogP contribution is 2.21. The summed E-state index contributed by atoms with van der Waals surface area (Å²) in [5, 5.41) is 8.88. The fourth-order valence-electron chi connectivity index (χ4n) is 2.06. The Balaban J connectivity index is 2.31. The van der Waals surface area contributed by atoms with Crippen LogP contribution in [-0.2, 0) is 16.6 Å². The zero-order valence-electron chi connectivity index (χ0n) is 12.2. The molecule has 2 rings (SSSR count). The molecule has 0 aliphatic rings. The molecule has 1 N–H and O–H groups in total. The monoisotopic (exact) mass is 360 g/mol. The second kappa shape index (κ2) is 6.99. The maximum absolute atomic E-state index is 12.5. The maximum atomic E-state index is 12.5. The molecule has 0 aliphatic heterocycles. The van der Waals surface area contributed by atoms with Gasteiger partial charge >= 0.3 is 0 Å². The van der Waals surface area contributed by atoms with Gasteiger partial charge in [-0.15, -0.1) is 22.8 Å². The standard InChI is InChI=1S/C13H17ClN4O2S2/c1-3-11(12-15-16-13(21)18(12)4-2)17-22(19,20)10-7-5-9(14)6-8-10/h5-8,11,17H,3-4H2,1-2H3,(H,16,21). The number of halogens is 1. The Bertz CT molecular complexity index is 744. The third kappa shape index (κ3) is 3.62. The molecule has 9 heteroatoms. The highest BCUT2D eigenvalue weighted by molar-refractivity contribution is 7.89. The molecule has 120 valence electrons. The molecule has 1 aromatic heterocycles. The van der Waals surface area contributed by atoms with Crippen LogP contribution in [0.2, 0.25) is 5.02 Å². The SMILES string of the molecule is CCC(NS(=O)(=O)c1ccc(Cl)cc1)c1nnc(S)n1CC. The third-order valence-corrected chi connectivity index (χ3v) is 5.29. The van der Waals surface area contributed by atoms with Crippen molar-refractivity contribution >= 4 is 34.3 Å². The van der Waals surface area contributed by atoms with Gasteiger partial charge in [0.1, 0.15) is 0 Å². The lowest BCUT2D eigenvalue weighted by molar-refractivity contribution is 0.511. The van der Waals surface area contributed by atoms with Crippen molar-refractivity contribution in [3.05, 3.63) is 35.1 Å². The van der Waals surface area contributed by atoms with Crippen molar-refractivity contribution in [2.75, 3.05) is 0 Å². The van der Waals surface area contributed by atoms with Crippen molar-refractivity contribution in [2.24, 2.45) is 0 Å². The molecule has 0 spiro atoms. The van der Waals surface area contributed by atoms with Gasteiger partial charge < -0.3 is 4.57 Å². The Morgan fingerprint density at radius 2 is 1.91 bits per heavy atom. The first-order valence-corrected chi connectivity index (χ1v) is 9.09. The van der Waals surface area contributed by atoms with Gasteiger partial charge in [-0.2, -0.15) is 0 Å². The zero-order chi connectivity index (χ0) is 16.3. The molecule has 1 aromatic carbocycles. The lowest BCUT2D eigenvalue weighted by atomic mass is 10.2. The van der Waals surface area contributed by atoms with E-state index in [-0.39, 0.29) is 4.90 Å². The number of rotatable bonds is 6. The highest BCUT2D eigenvalue weighted by Gasteiger charge is 2.24. The number of aromatic nitrogens is 3. The van der Waals surface area contributed by atoms with Crippen molar-refractivity contribution in [1.82, 2.24) is 19.5 Å². The Labute approximate surface area is 140 Å². The summed E-state index contributed by atoms with van der Waals surface area (Å²) < 4.78 is 29.3. The van der Waals surface area contributed by atoms with Crippen LogP contribution in [0.1, 0.15) is 32.1 Å². The molecule has 1 heterocycles. The molecular formula is C13H17ClN4O2S2. The largest absolute Gasteiger partial charge is 0.305 e. The van der Waals surface area contributed by atoms with Gasteiger partial charge in [-0.1, -0.05) is 18.5 Å². The van der Waals surface area contributed by atoms with E-state index in [2.05, 4.69) is 27.5 Å². The minimum atomic E-state index is -3.67. The quantitative estimate of drug-likeness (QED) is 0.776. The number of nitrogens with zero attached hydrogens (tertiary/aromatic N) is 3. The van der Waals surface area contributed by atoms with Crippen molar-refractivity contribution in [2.45, 2.75) is 42.9 Å². The number of sulfonamides is 1. The van der Waals surface area contributed by atoms with E-state index in [0.717, 1.165) is 0 Å². The van der Waals surface area contributed by atoms with E-state index in [1.165, 1.54) is 24.3 Å². The molecule has 0 radical (unpaired) electrons. The van der Waals surface area contributed by atoms with Crippen LogP contribution in [0.5, 0.6) is 0 Å². The van der Waals surface area contributed by atoms with Crippen LogP contribution in [-0.4, -0.2) is 23.2 Å². The lowest BCUT2D eigenvalue weighted by Crippen LogP contribution is -2.30. The van der Waals surface area contributed by atoms with Gasteiger partial charge in [0.2, 0.25) is 10.0 Å². The Kier molecular flexibility index (Phi) is 5.49. The minimum absolute atomic E-state index is 0.156. The second-order valence-electron chi connectivity index (χ2n) is 4.64. The number of nitrogens with one attached hydrogen (secondary N) is 1. The van der Waals surface area contributed by atoms with E-state index >= 15 is 0 Å². The van der Waals surface area contributed by atoms with E-state index < -0.39 is 16.1 Å². The fourth-order valence-corrected chi connectivity index (χ4v) is 3.75. The first-order valence-electron chi connectivity index (χ1n) is 6.79. The predicted octanol–water partition coefficient (Wildman–Crippen LogP) is 2.67. The molecule has 0 aliphatic carbocycles. The molecule has 1 unspecified atom stereocenters. The van der Waals surface area contributed by atoms with E-state index in [4.69, 9.17) is 11.6 Å². The smallest absolute Gasteiger partial charge is 0.241 e. The number of hydrogen-bond acceptors (Lipinski definition) is 5. The topological polar surface area (TPSA) is 76.9 Å². The van der Waals surface area contributed by atoms with Crippen molar-refractivity contribution < 1.29 is 8.42 Å². The Morgan fingerprint density at radius 3 is 2.45 bits per heavy atom. The minimum Gasteiger partial charge on any atom is -0.305 e. The van der Waals surface area contributed by atoms with Gasteiger partial charge in [0, 0.05) is 11.6 Å². The summed E-state index contributed by atoms with van der Waals surface area (Å²) in [4.78, 5) is 0.156. The molecule has 0 bridgehead atoms. The van der Waals surface area contributed by atoms with Gasteiger partial charge in [-0.3, -0.25) is 0 Å². The molecule has 22 heavy (non-hydrogen) atoms. The average molecular weight is 361 g/mol. The Morgan fingerprint density at radius 1 is 1.27 bits per heavy atom. The number of hydrogen-bond donors (Lipinski definition) is 2. The maximum Gasteiger partial charge on any atom is 0.241 e. The molecule has 0 amide bonds. The van der Waals surface area contributed by atoms with Gasteiger partial charge in [-0.05, 0) is 37.6 Å². The van der Waals surface area contributed by atoms with Crippen LogP contribution in [0.15, 0.2) is 34.3 Å². The zero-order valence-corrected chi connectivity index (χ0v) is 14.7. The van der Waals surface area contributed by atoms with Crippen molar-refractivity contribution in [3.8, 4) is 0 Å². The van der Waals surface area contributed by atoms with E-state index in [1.54, 1.807) is 4.57 Å². The first-order chi connectivity index (χ1) is 10.4. The van der Waals surface area contributed by atoms with E-state index in [9.17, 15) is 8.42 Å². The molecule has 1 atom stereocenters. The van der Waals surface area contributed by atoms with Crippen molar-refractivity contribution in [3.63, 3.8) is 0 Å². The van der Waals surface area contributed by atoms with Crippen LogP contribution < -0.4 is 4.72 Å². The summed E-state index contributed by atoms with van der Waals surface area (Å²) in [5.74, 6) is 0.549. The molecule has 2 aromatic rings. The summed E-state index contributed by atoms with van der Waals surface area (Å²) >= 11 is 10.0. The summed E-state index contributed by atoms with van der Waals surface area (Å²) in [5.41, 5.74) is 0. The normalized spacial score (nSPS) is 13.3. The molecule has 0 saturated carbocycles. The van der Waals surface area contributed by atoms with Gasteiger partial charge in [0.25, 0.3) is 0 Å². The highest BCUT2D eigenvalue weighted by atomic mass is 35.5. The third-order valence-electron chi connectivity index (χ3n) is 3.22. The summed E-state index contributed by atoms with van der Waals surface area (Å²) in [6.07, 6.45) is 0.540. The van der Waals surface area contributed by atoms with Gasteiger partial charge in [0.05, 0.1) is 10.9 Å². The molecule has 0 saturated heterocycles. The lowest BCUT2D eigenvalue weighted by Gasteiger charge is -2.17. The van der Waals surface area contributed by atoms with Crippen LogP contribution in [0, 0.1) is 0 Å². The molecule has 0 fully saturated rings. The van der Waals surface area contributed by atoms with Crippen molar-refractivity contribution in [1.29, 1.82) is 0 Å². The predicted molar refractivity (Wildman–Crippen MR) is 87.8 cm³/mol. The van der Waals surface area contributed by atoms with Crippen LogP contribution in [0.4, 0.5) is 0 Å². The van der Waals surface area contributed by atoms with Crippen LogP contribution >= 0.6 is 24.2 Å². The average Bonchev–Trinajstić information content (AvgIpc) is 2.86. The number of benzene rings is 1. The fraction of sp³-hybridized carbons (Fsp3) is 0.385. The first kappa shape index (κ1) is 17.3. The summed E-state index contributed by atoms with van der Waals surface area (Å²) in [6.45, 7) is 4.41. The number of thiol groups is 1. The molecule has 6 nitrogen and oxygen atoms in total. The van der Waals surface area contributed by atoms with E-state index in [1.807, 2.05) is 13.8 Å². The summed E-state index contributed by atoms with van der Waals surface area (Å²) in [6, 6.07) is 5.53. The van der Waals surface area contributed by atoms with Crippen LogP contribution in [0.25, 0.3) is 0 Å². The van der Waals surface area contributed by atoms with Crippen LogP contribution in [0.3, 0.4) is 0 Å². The van der Waals surface area contributed by atoms with Gasteiger partial charge in [0.15, 0.2) is 11.0 Å².